The van der Waals surface area contributed by atoms with Gasteiger partial charge in [0.1, 0.15) is 0 Å². The summed E-state index contributed by atoms with van der Waals surface area (Å²) in [5, 5.41) is 1.69. The van der Waals surface area contributed by atoms with E-state index in [9.17, 15) is 13.0 Å². The summed E-state index contributed by atoms with van der Waals surface area (Å²) in [6.45, 7) is 6.75. The minimum atomic E-state index is -4.09. The Hall–Kier alpha value is -1.24. The summed E-state index contributed by atoms with van der Waals surface area (Å²) in [6, 6.07) is 12.0. The van der Waals surface area contributed by atoms with Gasteiger partial charge in [-0.25, -0.2) is 0 Å². The molecular weight excluding hydrogens is 363 g/mol. The molecule has 0 amide bonds. The van der Waals surface area contributed by atoms with Crippen LogP contribution < -0.4 is 0 Å². The van der Waals surface area contributed by atoms with E-state index in [1.807, 2.05) is 24.3 Å². The van der Waals surface area contributed by atoms with Crippen molar-refractivity contribution in [3.05, 3.63) is 42.5 Å². The zero-order valence-electron chi connectivity index (χ0n) is 14.7. The summed E-state index contributed by atoms with van der Waals surface area (Å²) in [6.07, 6.45) is -1.45. The molecule has 8 heteroatoms. The largest absolute Gasteiger partial charge is 0.358 e. The molecule has 0 spiro atoms. The van der Waals surface area contributed by atoms with Crippen molar-refractivity contribution in [3.63, 3.8) is 0 Å². The molecule has 0 unspecified atom stereocenters. The second-order valence-corrected chi connectivity index (χ2v) is 9.65. The topological polar surface area (TPSA) is 78.9 Å². The summed E-state index contributed by atoms with van der Waals surface area (Å²) >= 11 is 0. The number of hydrogen-bond donors (Lipinski definition) is 0. The molecule has 0 radical (unpaired) electrons. The van der Waals surface area contributed by atoms with Crippen LogP contribution in [0.1, 0.15) is 27.7 Å². The van der Waals surface area contributed by atoms with Crippen LogP contribution >= 0.6 is 7.60 Å². The first kappa shape index (κ1) is 20.1. The lowest BCUT2D eigenvalue weighted by Gasteiger charge is -2.22. The summed E-state index contributed by atoms with van der Waals surface area (Å²) in [4.78, 5) is -0.00755. The lowest BCUT2D eigenvalue weighted by atomic mass is 10.1. The van der Waals surface area contributed by atoms with E-state index in [0.717, 1.165) is 10.8 Å². The van der Waals surface area contributed by atoms with Gasteiger partial charge in [-0.1, -0.05) is 30.3 Å². The zero-order valence-corrected chi connectivity index (χ0v) is 16.4. The molecule has 0 N–H and O–H groups in total. The fraction of sp³-hybridized carbons (Fsp3) is 0.412. The second kappa shape index (κ2) is 7.98. The predicted molar refractivity (Wildman–Crippen MR) is 97.1 cm³/mol. The molecule has 6 nitrogen and oxygen atoms in total. The highest BCUT2D eigenvalue weighted by atomic mass is 32.2. The van der Waals surface area contributed by atoms with Crippen molar-refractivity contribution in [2.45, 2.75) is 44.8 Å². The van der Waals surface area contributed by atoms with E-state index in [2.05, 4.69) is 0 Å². The van der Waals surface area contributed by atoms with Gasteiger partial charge in [-0.05, 0) is 50.6 Å². The fourth-order valence-electron chi connectivity index (χ4n) is 2.25. The highest BCUT2D eigenvalue weighted by molar-refractivity contribution is 7.87. The zero-order chi connectivity index (χ0) is 18.7. The predicted octanol–water partition coefficient (Wildman–Crippen LogP) is 4.55. The van der Waals surface area contributed by atoms with Gasteiger partial charge in [-0.2, -0.15) is 8.42 Å². The molecule has 2 aromatic carbocycles. The Morgan fingerprint density at radius 3 is 2.04 bits per heavy atom. The monoisotopic (exact) mass is 386 g/mol. The Kier molecular flexibility index (Phi) is 6.40. The molecule has 0 aliphatic rings. The van der Waals surface area contributed by atoms with E-state index >= 15 is 0 Å². The Labute approximate surface area is 148 Å². The van der Waals surface area contributed by atoms with Crippen LogP contribution in [0.4, 0.5) is 0 Å². The molecule has 0 atom stereocenters. The average molecular weight is 386 g/mol. The van der Waals surface area contributed by atoms with E-state index in [-0.39, 0.29) is 4.90 Å². The van der Waals surface area contributed by atoms with Gasteiger partial charge in [0.05, 0.1) is 17.1 Å². The molecule has 0 fully saturated rings. The van der Waals surface area contributed by atoms with E-state index in [1.54, 1.807) is 33.8 Å². The van der Waals surface area contributed by atoms with Gasteiger partial charge in [0.25, 0.3) is 10.1 Å². The Balaban J connectivity index is 2.22. The van der Waals surface area contributed by atoms with E-state index < -0.39 is 36.3 Å². The Bertz CT molecular complexity index is 862. The van der Waals surface area contributed by atoms with E-state index in [0.29, 0.717) is 0 Å². The van der Waals surface area contributed by atoms with Gasteiger partial charge in [0.15, 0.2) is 6.35 Å². The fourth-order valence-corrected chi connectivity index (χ4v) is 5.42. The first-order chi connectivity index (χ1) is 11.6. The maximum atomic E-state index is 12.7. The molecule has 2 rings (SSSR count). The maximum absolute atomic E-state index is 12.7. The van der Waals surface area contributed by atoms with Crippen LogP contribution in [0.15, 0.2) is 47.4 Å². The highest BCUT2D eigenvalue weighted by Crippen LogP contribution is 2.50. The van der Waals surface area contributed by atoms with Crippen molar-refractivity contribution < 1.29 is 26.2 Å². The number of benzene rings is 2. The Morgan fingerprint density at radius 2 is 1.48 bits per heavy atom. The van der Waals surface area contributed by atoms with Crippen molar-refractivity contribution >= 4 is 28.5 Å². The maximum Gasteiger partial charge on any atom is 0.358 e. The minimum Gasteiger partial charge on any atom is -0.304 e. The summed E-state index contributed by atoms with van der Waals surface area (Å²) in [5.74, 6) is 0. The summed E-state index contributed by atoms with van der Waals surface area (Å²) in [7, 11) is -7.79. The lowest BCUT2D eigenvalue weighted by Crippen LogP contribution is -2.14. The molecule has 25 heavy (non-hydrogen) atoms. The third-order valence-corrected chi connectivity index (χ3v) is 6.48. The van der Waals surface area contributed by atoms with Crippen LogP contribution in [0.25, 0.3) is 10.8 Å². The number of rotatable bonds is 8. The average Bonchev–Trinajstić information content (AvgIpc) is 2.51. The molecule has 0 saturated carbocycles. The molecule has 0 aliphatic heterocycles. The first-order valence-corrected chi connectivity index (χ1v) is 11.1. The number of fused-ring (bicyclic) bond motifs is 1. The van der Waals surface area contributed by atoms with Gasteiger partial charge in [0, 0.05) is 0 Å². The highest BCUT2D eigenvalue weighted by Gasteiger charge is 2.31. The van der Waals surface area contributed by atoms with Crippen LogP contribution in [0, 0.1) is 0 Å². The number of hydrogen-bond acceptors (Lipinski definition) is 6. The van der Waals surface area contributed by atoms with Crippen molar-refractivity contribution in [1.82, 2.24) is 0 Å². The first-order valence-electron chi connectivity index (χ1n) is 7.95. The molecule has 0 saturated heterocycles. The van der Waals surface area contributed by atoms with Gasteiger partial charge >= 0.3 is 7.60 Å². The minimum absolute atomic E-state index is 0.00755. The smallest absolute Gasteiger partial charge is 0.304 e. The van der Waals surface area contributed by atoms with E-state index in [1.165, 1.54) is 12.1 Å². The molecule has 0 aliphatic carbocycles. The van der Waals surface area contributed by atoms with Crippen molar-refractivity contribution in [2.24, 2.45) is 0 Å². The summed E-state index contributed by atoms with van der Waals surface area (Å²) < 4.78 is 53.1. The third kappa shape index (κ3) is 5.62. The molecule has 0 heterocycles. The second-order valence-electron chi connectivity index (χ2n) is 6.13. The molecule has 0 bridgehead atoms. The van der Waals surface area contributed by atoms with E-state index in [4.69, 9.17) is 13.2 Å². The van der Waals surface area contributed by atoms with Crippen LogP contribution in [-0.4, -0.2) is 27.0 Å². The normalized spacial score (nSPS) is 13.0. The van der Waals surface area contributed by atoms with Crippen molar-refractivity contribution in [1.29, 1.82) is 0 Å². The molecule has 0 aromatic heterocycles. The third-order valence-electron chi connectivity index (χ3n) is 3.12. The molecular formula is C17H23O6PS. The van der Waals surface area contributed by atoms with Crippen LogP contribution in [0.5, 0.6) is 0 Å². The molecule has 138 valence electrons. The van der Waals surface area contributed by atoms with Crippen molar-refractivity contribution in [3.8, 4) is 0 Å². The quantitative estimate of drug-likeness (QED) is 0.489. The van der Waals surface area contributed by atoms with Crippen molar-refractivity contribution in [2.75, 3.05) is 6.35 Å². The summed E-state index contributed by atoms with van der Waals surface area (Å²) in [5.41, 5.74) is 0. The lowest BCUT2D eigenvalue weighted by molar-refractivity contribution is 0.129. The van der Waals surface area contributed by atoms with Crippen LogP contribution in [0.2, 0.25) is 0 Å². The van der Waals surface area contributed by atoms with Gasteiger partial charge in [-0.15, -0.1) is 0 Å². The SMILES string of the molecule is CC(C)OP(=O)(COS(=O)(=O)c1ccc2ccccc2c1)OC(C)C. The van der Waals surface area contributed by atoms with Gasteiger partial charge in [-0.3, -0.25) is 8.75 Å². The van der Waals surface area contributed by atoms with Crippen LogP contribution in [0.3, 0.4) is 0 Å². The standard InChI is InChI=1S/C17H23O6PS/c1-13(2)22-24(18,23-14(3)4)12-21-25(19,20)17-10-9-15-7-5-6-8-16(15)11-17/h5-11,13-14H,12H2,1-4H3. The van der Waals surface area contributed by atoms with Crippen LogP contribution in [-0.2, 0) is 27.9 Å². The Morgan fingerprint density at radius 1 is 0.920 bits per heavy atom. The van der Waals surface area contributed by atoms with Gasteiger partial charge in [0.2, 0.25) is 0 Å². The molecule has 2 aromatic rings. The van der Waals surface area contributed by atoms with Gasteiger partial charge < -0.3 is 9.05 Å².